The van der Waals surface area contributed by atoms with E-state index < -0.39 is 0 Å². The molecule has 0 spiro atoms. The van der Waals surface area contributed by atoms with Gasteiger partial charge in [0.15, 0.2) is 17.4 Å². The Balaban J connectivity index is 1.81. The fourth-order valence-electron chi connectivity index (χ4n) is 3.52. The average molecular weight is 372 g/mol. The monoisotopic (exact) mass is 372 g/mol. The molecule has 0 saturated heterocycles. The molecule has 2 heterocycles. The number of imidazole rings is 1. The molecule has 0 saturated carbocycles. The van der Waals surface area contributed by atoms with Crippen LogP contribution in [-0.4, -0.2) is 40.5 Å². The van der Waals surface area contributed by atoms with E-state index in [2.05, 4.69) is 27.1 Å². The van der Waals surface area contributed by atoms with Crippen LogP contribution in [0.2, 0.25) is 0 Å². The van der Waals surface area contributed by atoms with Crippen molar-refractivity contribution in [3.05, 3.63) is 47.2 Å². The number of rotatable bonds is 8. The Morgan fingerprint density at radius 3 is 2.67 bits per heavy atom. The van der Waals surface area contributed by atoms with Gasteiger partial charge in [-0.1, -0.05) is 13.3 Å². The molecule has 27 heavy (non-hydrogen) atoms. The minimum atomic E-state index is -0.349. The molecule has 2 aliphatic rings. The summed E-state index contributed by atoms with van der Waals surface area (Å²) in [5.74, 6) is 0.840. The van der Waals surface area contributed by atoms with E-state index in [4.69, 9.17) is 9.47 Å². The predicted molar refractivity (Wildman–Crippen MR) is 100 cm³/mol. The minimum absolute atomic E-state index is 0.0522. The van der Waals surface area contributed by atoms with Crippen molar-refractivity contribution in [1.29, 1.82) is 0 Å². The Morgan fingerprint density at radius 2 is 1.96 bits per heavy atom. The molecule has 0 bridgehead atoms. The van der Waals surface area contributed by atoms with Gasteiger partial charge in [0.1, 0.15) is 12.0 Å². The Morgan fingerprint density at radius 1 is 1.15 bits per heavy atom. The van der Waals surface area contributed by atoms with Gasteiger partial charge in [-0.3, -0.25) is 5.10 Å². The third-order valence-electron chi connectivity index (χ3n) is 5.16. The van der Waals surface area contributed by atoms with Gasteiger partial charge in [0, 0.05) is 12.7 Å². The van der Waals surface area contributed by atoms with Crippen LogP contribution in [0, 0.1) is 18.7 Å². The van der Waals surface area contributed by atoms with Crippen LogP contribution in [0.4, 0.5) is 4.39 Å². The Bertz CT molecular complexity index is 867. The van der Waals surface area contributed by atoms with Crippen LogP contribution in [0.15, 0.2) is 24.7 Å². The van der Waals surface area contributed by atoms with Crippen molar-refractivity contribution in [2.24, 2.45) is 5.92 Å². The number of aryl methyl sites for hydroxylation is 1. The molecule has 2 unspecified atom stereocenters. The van der Waals surface area contributed by atoms with Gasteiger partial charge in [0.2, 0.25) is 0 Å². The second kappa shape index (κ2) is 8.43. The van der Waals surface area contributed by atoms with Crippen molar-refractivity contribution in [2.75, 3.05) is 14.2 Å². The van der Waals surface area contributed by atoms with Crippen molar-refractivity contribution < 1.29 is 13.9 Å². The first-order chi connectivity index (χ1) is 13.1. The van der Waals surface area contributed by atoms with E-state index in [0.29, 0.717) is 12.2 Å². The lowest BCUT2D eigenvalue weighted by Gasteiger charge is -2.26. The van der Waals surface area contributed by atoms with E-state index in [1.807, 2.05) is 6.92 Å². The van der Waals surface area contributed by atoms with E-state index in [-0.39, 0.29) is 23.6 Å². The summed E-state index contributed by atoms with van der Waals surface area (Å²) in [4.78, 5) is 8.50. The zero-order valence-electron chi connectivity index (χ0n) is 16.1. The predicted octanol–water partition coefficient (Wildman–Crippen LogP) is 3.59. The highest BCUT2D eigenvalue weighted by Gasteiger charge is 2.24. The number of hydrogen-bond acceptors (Lipinski definition) is 5. The second-order valence-corrected chi connectivity index (χ2v) is 6.73. The summed E-state index contributed by atoms with van der Waals surface area (Å²) in [6.45, 7) is 4.10. The first kappa shape index (κ1) is 19.2. The van der Waals surface area contributed by atoms with E-state index in [1.54, 1.807) is 25.4 Å². The molecule has 1 aromatic rings. The number of fused-ring (bicyclic) bond motifs is 1. The summed E-state index contributed by atoms with van der Waals surface area (Å²) in [5, 5.41) is 7.02. The highest BCUT2D eigenvalue weighted by Crippen LogP contribution is 2.28. The lowest BCUT2D eigenvalue weighted by Crippen LogP contribution is -2.27. The lowest BCUT2D eigenvalue weighted by molar-refractivity contribution is 0.0503. The Kier molecular flexibility index (Phi) is 6.01. The van der Waals surface area contributed by atoms with Gasteiger partial charge in [-0.2, -0.15) is 5.10 Å². The Labute approximate surface area is 158 Å². The zero-order chi connectivity index (χ0) is 19.4. The summed E-state index contributed by atoms with van der Waals surface area (Å²) in [5.41, 5.74) is 3.79. The second-order valence-electron chi connectivity index (χ2n) is 6.73. The number of aromatic nitrogens is 4. The first-order valence-corrected chi connectivity index (χ1v) is 9.06. The number of halogens is 1. The number of hydrogen-bond donors (Lipinski definition) is 1. The quantitative estimate of drug-likeness (QED) is 0.654. The molecule has 6 nitrogen and oxygen atoms in total. The van der Waals surface area contributed by atoms with Crippen molar-refractivity contribution in [1.82, 2.24) is 20.2 Å². The van der Waals surface area contributed by atoms with Gasteiger partial charge in [0.05, 0.1) is 19.4 Å². The first-order valence-electron chi connectivity index (χ1n) is 9.06. The van der Waals surface area contributed by atoms with Crippen LogP contribution in [0.1, 0.15) is 30.0 Å². The van der Waals surface area contributed by atoms with Gasteiger partial charge in [-0.05, 0) is 48.9 Å². The van der Waals surface area contributed by atoms with E-state index >= 15 is 0 Å². The molecule has 7 heteroatoms. The maximum Gasteiger partial charge on any atom is 0.174 e. The summed E-state index contributed by atoms with van der Waals surface area (Å²) < 4.78 is 25.0. The van der Waals surface area contributed by atoms with E-state index in [0.717, 1.165) is 35.2 Å². The van der Waals surface area contributed by atoms with Crippen LogP contribution >= 0.6 is 0 Å². The average Bonchev–Trinajstić information content (AvgIpc) is 3.16. The number of nitrogens with zero attached hydrogens (tertiary/aromatic N) is 3. The van der Waals surface area contributed by atoms with Crippen molar-refractivity contribution in [3.8, 4) is 17.3 Å². The molecule has 0 fully saturated rings. The number of aromatic amines is 1. The van der Waals surface area contributed by atoms with Crippen molar-refractivity contribution in [3.63, 3.8) is 0 Å². The summed E-state index contributed by atoms with van der Waals surface area (Å²) >= 11 is 0. The summed E-state index contributed by atoms with van der Waals surface area (Å²) in [7, 11) is 3.18. The molecular formula is C20H25FN4O2. The molecule has 3 rings (SSSR count). The van der Waals surface area contributed by atoms with Gasteiger partial charge in [-0.15, -0.1) is 0 Å². The molecule has 1 aromatic carbocycles. The van der Waals surface area contributed by atoms with Gasteiger partial charge in [-0.25, -0.2) is 14.4 Å². The molecule has 144 valence electrons. The highest BCUT2D eigenvalue weighted by molar-refractivity contribution is 5.54. The molecular weight excluding hydrogens is 347 g/mol. The van der Waals surface area contributed by atoms with Crippen molar-refractivity contribution >= 4 is 0 Å². The van der Waals surface area contributed by atoms with Gasteiger partial charge in [0.25, 0.3) is 0 Å². The molecule has 0 aliphatic carbocycles. The smallest absolute Gasteiger partial charge is 0.174 e. The summed E-state index contributed by atoms with van der Waals surface area (Å²) in [6.07, 6.45) is 5.59. The SMILES string of the molecule is CCC(Cc1cn[nH]c2ncnc1-2)C(Cc1cc(F)c(OC)cc1C)OC. The molecule has 1 N–H and O–H groups in total. The van der Waals surface area contributed by atoms with Gasteiger partial charge < -0.3 is 9.47 Å². The Hall–Kier alpha value is -2.54. The topological polar surface area (TPSA) is 72.9 Å². The third-order valence-corrected chi connectivity index (χ3v) is 5.16. The molecule has 0 amide bonds. The molecule has 2 atom stereocenters. The zero-order valence-corrected chi connectivity index (χ0v) is 16.1. The standard InChI is InChI=1S/C20H25FN4O2/c1-5-13(7-15-10-24-25-20-19(15)22-11-23-20)17(26-3)9-14-8-16(21)18(27-4)6-12(14)2/h6,8,10-11,13,17H,5,7,9H2,1-4H3,(H,22,23,25). The maximum absolute atomic E-state index is 14.2. The lowest BCUT2D eigenvalue weighted by atomic mass is 9.87. The largest absolute Gasteiger partial charge is 0.494 e. The van der Waals surface area contributed by atoms with Crippen LogP contribution in [-0.2, 0) is 17.6 Å². The number of benzene rings is 1. The fourth-order valence-corrected chi connectivity index (χ4v) is 3.52. The van der Waals surface area contributed by atoms with E-state index in [1.165, 1.54) is 13.4 Å². The molecule has 0 radical (unpaired) electrons. The maximum atomic E-state index is 14.2. The normalized spacial score (nSPS) is 13.7. The van der Waals surface area contributed by atoms with Crippen LogP contribution in [0.3, 0.4) is 0 Å². The van der Waals surface area contributed by atoms with Crippen LogP contribution in [0.5, 0.6) is 5.75 Å². The van der Waals surface area contributed by atoms with E-state index in [9.17, 15) is 4.39 Å². The number of ether oxygens (including phenoxy) is 2. The number of H-pyrrole nitrogens is 1. The number of methoxy groups -OCH3 is 2. The van der Waals surface area contributed by atoms with Crippen molar-refractivity contribution in [2.45, 2.75) is 39.2 Å². The molecule has 2 aliphatic heterocycles. The fraction of sp³-hybridized carbons (Fsp3) is 0.450. The van der Waals surface area contributed by atoms with Gasteiger partial charge >= 0.3 is 0 Å². The van der Waals surface area contributed by atoms with Crippen LogP contribution in [0.25, 0.3) is 11.5 Å². The summed E-state index contributed by atoms with van der Waals surface area (Å²) in [6, 6.07) is 3.28. The molecule has 0 aromatic heterocycles. The highest BCUT2D eigenvalue weighted by atomic mass is 19.1. The number of nitrogens with one attached hydrogen (secondary N) is 1. The third kappa shape index (κ3) is 4.08. The van der Waals surface area contributed by atoms with Crippen LogP contribution < -0.4 is 4.74 Å². The minimum Gasteiger partial charge on any atom is -0.494 e.